The summed E-state index contributed by atoms with van der Waals surface area (Å²) in [5, 5.41) is 4.57. The second kappa shape index (κ2) is 6.06. The van der Waals surface area contributed by atoms with Crippen molar-refractivity contribution < 1.29 is 13.2 Å². The average molecular weight is 328 g/mol. The van der Waals surface area contributed by atoms with Crippen molar-refractivity contribution in [2.45, 2.75) is 49.5 Å². The lowest BCUT2D eigenvalue weighted by molar-refractivity contribution is 0.0942. The Bertz CT molecular complexity index is 612. The summed E-state index contributed by atoms with van der Waals surface area (Å²) in [5.41, 5.74) is 0. The lowest BCUT2D eigenvalue weighted by Gasteiger charge is -2.13. The van der Waals surface area contributed by atoms with E-state index in [0.29, 0.717) is 18.0 Å². The molecule has 1 amide bonds. The Labute approximate surface area is 129 Å². The maximum atomic E-state index is 12.4. The molecule has 3 rings (SSSR count). The molecule has 2 aliphatic rings. The highest BCUT2D eigenvalue weighted by molar-refractivity contribution is 7.89. The SMILES string of the molecule is O=C(NC1CCCC1)c1cc(S(=O)(=O)N2CCCC2)cs1. The van der Waals surface area contributed by atoms with Gasteiger partial charge in [-0.05, 0) is 31.7 Å². The molecule has 1 aliphatic carbocycles. The molecule has 1 aliphatic heterocycles. The van der Waals surface area contributed by atoms with Gasteiger partial charge in [-0.1, -0.05) is 12.8 Å². The second-order valence-corrected chi connectivity index (χ2v) is 8.56. The Kier molecular flexibility index (Phi) is 4.33. The van der Waals surface area contributed by atoms with Gasteiger partial charge in [-0.3, -0.25) is 4.79 Å². The van der Waals surface area contributed by atoms with E-state index < -0.39 is 10.0 Å². The molecular weight excluding hydrogens is 308 g/mol. The van der Waals surface area contributed by atoms with Crippen LogP contribution in [0.1, 0.15) is 48.2 Å². The van der Waals surface area contributed by atoms with E-state index in [1.165, 1.54) is 21.7 Å². The third-order valence-electron chi connectivity index (χ3n) is 4.19. The lowest BCUT2D eigenvalue weighted by atomic mass is 10.2. The van der Waals surface area contributed by atoms with Crippen molar-refractivity contribution in [1.29, 1.82) is 0 Å². The zero-order chi connectivity index (χ0) is 14.9. The highest BCUT2D eigenvalue weighted by Crippen LogP contribution is 2.26. The van der Waals surface area contributed by atoms with Gasteiger partial charge in [0.05, 0.1) is 9.77 Å². The van der Waals surface area contributed by atoms with Gasteiger partial charge in [-0.15, -0.1) is 11.3 Å². The predicted octanol–water partition coefficient (Wildman–Crippen LogP) is 2.21. The van der Waals surface area contributed by atoms with Gasteiger partial charge in [-0.2, -0.15) is 4.31 Å². The monoisotopic (exact) mass is 328 g/mol. The summed E-state index contributed by atoms with van der Waals surface area (Å²) >= 11 is 1.21. The third kappa shape index (κ3) is 3.14. The summed E-state index contributed by atoms with van der Waals surface area (Å²) in [5.74, 6) is -0.144. The first-order chi connectivity index (χ1) is 10.1. The summed E-state index contributed by atoms with van der Waals surface area (Å²) in [7, 11) is -3.41. The number of hydrogen-bond acceptors (Lipinski definition) is 4. The second-order valence-electron chi connectivity index (χ2n) is 5.71. The number of amides is 1. The van der Waals surface area contributed by atoms with Crippen LogP contribution >= 0.6 is 11.3 Å². The lowest BCUT2D eigenvalue weighted by Crippen LogP contribution is -2.32. The molecule has 1 aromatic rings. The molecule has 5 nitrogen and oxygen atoms in total. The van der Waals surface area contributed by atoms with Gasteiger partial charge < -0.3 is 5.32 Å². The topological polar surface area (TPSA) is 66.5 Å². The van der Waals surface area contributed by atoms with Gasteiger partial charge in [0.1, 0.15) is 0 Å². The zero-order valence-electron chi connectivity index (χ0n) is 11.9. The molecule has 0 atom stereocenters. The molecular formula is C14H20N2O3S2. The van der Waals surface area contributed by atoms with Gasteiger partial charge in [0.25, 0.3) is 5.91 Å². The molecule has 1 aromatic heterocycles. The Morgan fingerprint density at radius 2 is 1.86 bits per heavy atom. The number of nitrogens with one attached hydrogen (secondary N) is 1. The van der Waals surface area contributed by atoms with Crippen LogP contribution in [0.4, 0.5) is 0 Å². The Morgan fingerprint density at radius 1 is 1.19 bits per heavy atom. The Balaban J connectivity index is 1.71. The molecule has 2 fully saturated rings. The normalized spacial score (nSPS) is 21.0. The first-order valence-electron chi connectivity index (χ1n) is 7.47. The van der Waals surface area contributed by atoms with Crippen LogP contribution in [0.5, 0.6) is 0 Å². The Morgan fingerprint density at radius 3 is 2.52 bits per heavy atom. The molecule has 21 heavy (non-hydrogen) atoms. The molecule has 0 radical (unpaired) electrons. The van der Waals surface area contributed by atoms with E-state index in [0.717, 1.165) is 38.5 Å². The van der Waals surface area contributed by atoms with Crippen LogP contribution in [-0.2, 0) is 10.0 Å². The summed E-state index contributed by atoms with van der Waals surface area (Å²) in [4.78, 5) is 12.9. The molecule has 0 aromatic carbocycles. The molecule has 7 heteroatoms. The Hall–Kier alpha value is -0.920. The van der Waals surface area contributed by atoms with Crippen molar-refractivity contribution in [3.05, 3.63) is 16.3 Å². The minimum Gasteiger partial charge on any atom is -0.349 e. The van der Waals surface area contributed by atoms with Crippen LogP contribution in [0.25, 0.3) is 0 Å². The van der Waals surface area contributed by atoms with Crippen LogP contribution in [0.15, 0.2) is 16.3 Å². The molecule has 0 spiro atoms. The molecule has 0 unspecified atom stereocenters. The number of nitrogens with zero attached hydrogens (tertiary/aromatic N) is 1. The highest BCUT2D eigenvalue weighted by Gasteiger charge is 2.29. The number of hydrogen-bond donors (Lipinski definition) is 1. The van der Waals surface area contributed by atoms with Crippen molar-refractivity contribution in [2.75, 3.05) is 13.1 Å². The fourth-order valence-corrected chi connectivity index (χ4v) is 5.66. The van der Waals surface area contributed by atoms with Gasteiger partial charge >= 0.3 is 0 Å². The van der Waals surface area contributed by atoms with Gasteiger partial charge in [0.2, 0.25) is 10.0 Å². The van der Waals surface area contributed by atoms with E-state index in [2.05, 4.69) is 5.32 Å². The highest BCUT2D eigenvalue weighted by atomic mass is 32.2. The summed E-state index contributed by atoms with van der Waals surface area (Å²) in [6, 6.07) is 1.76. The molecule has 116 valence electrons. The minimum absolute atomic E-state index is 0.144. The summed E-state index contributed by atoms with van der Waals surface area (Å²) in [6.45, 7) is 1.17. The van der Waals surface area contributed by atoms with Crippen LogP contribution in [0.3, 0.4) is 0 Å². The average Bonchev–Trinajstić information content (AvgIpc) is 3.20. The van der Waals surface area contributed by atoms with Gasteiger partial charge in [-0.25, -0.2) is 8.42 Å². The third-order valence-corrected chi connectivity index (χ3v) is 7.15. The van der Waals surface area contributed by atoms with E-state index in [4.69, 9.17) is 0 Å². The fourth-order valence-electron chi connectivity index (χ4n) is 2.98. The number of carbonyl (C=O) groups is 1. The van der Waals surface area contributed by atoms with Crippen LogP contribution in [-0.4, -0.2) is 37.8 Å². The van der Waals surface area contributed by atoms with E-state index in [1.807, 2.05) is 0 Å². The van der Waals surface area contributed by atoms with E-state index in [1.54, 1.807) is 5.38 Å². The number of carbonyl (C=O) groups excluding carboxylic acids is 1. The van der Waals surface area contributed by atoms with Crippen molar-refractivity contribution in [2.24, 2.45) is 0 Å². The van der Waals surface area contributed by atoms with Gasteiger partial charge in [0, 0.05) is 24.5 Å². The fraction of sp³-hybridized carbons (Fsp3) is 0.643. The largest absolute Gasteiger partial charge is 0.349 e. The van der Waals surface area contributed by atoms with E-state index in [-0.39, 0.29) is 16.8 Å². The van der Waals surface area contributed by atoms with Crippen LogP contribution in [0.2, 0.25) is 0 Å². The molecule has 2 heterocycles. The van der Waals surface area contributed by atoms with E-state index in [9.17, 15) is 13.2 Å². The maximum absolute atomic E-state index is 12.4. The smallest absolute Gasteiger partial charge is 0.261 e. The molecule has 0 bridgehead atoms. The number of rotatable bonds is 4. The van der Waals surface area contributed by atoms with Crippen LogP contribution < -0.4 is 5.32 Å². The quantitative estimate of drug-likeness (QED) is 0.921. The van der Waals surface area contributed by atoms with Crippen LogP contribution in [0, 0.1) is 0 Å². The molecule has 1 saturated heterocycles. The number of thiophene rings is 1. The predicted molar refractivity (Wildman–Crippen MR) is 82.0 cm³/mol. The van der Waals surface area contributed by atoms with Crippen molar-refractivity contribution in [1.82, 2.24) is 9.62 Å². The maximum Gasteiger partial charge on any atom is 0.261 e. The molecule has 1 N–H and O–H groups in total. The summed E-state index contributed by atoms with van der Waals surface area (Å²) < 4.78 is 26.3. The van der Waals surface area contributed by atoms with Crippen molar-refractivity contribution in [3.8, 4) is 0 Å². The zero-order valence-corrected chi connectivity index (χ0v) is 13.5. The first-order valence-corrected chi connectivity index (χ1v) is 9.79. The van der Waals surface area contributed by atoms with Crippen molar-refractivity contribution in [3.63, 3.8) is 0 Å². The van der Waals surface area contributed by atoms with Crippen molar-refractivity contribution >= 4 is 27.3 Å². The standard InChI is InChI=1S/C14H20N2O3S2/c17-14(15-11-5-1-2-6-11)13-9-12(10-20-13)21(18,19)16-7-3-4-8-16/h9-11H,1-8H2,(H,15,17). The number of sulfonamides is 1. The minimum atomic E-state index is -3.41. The summed E-state index contributed by atoms with van der Waals surface area (Å²) in [6.07, 6.45) is 6.19. The van der Waals surface area contributed by atoms with Gasteiger partial charge in [0.15, 0.2) is 0 Å². The van der Waals surface area contributed by atoms with E-state index >= 15 is 0 Å². The molecule has 1 saturated carbocycles. The first kappa shape index (κ1) is 15.0.